The van der Waals surface area contributed by atoms with Crippen molar-refractivity contribution in [2.24, 2.45) is 0 Å². The smallest absolute Gasteiger partial charge is 0.0754 e. The third kappa shape index (κ3) is 4.59. The zero-order valence-corrected chi connectivity index (χ0v) is 38.1. The molecule has 12 aromatic rings. The van der Waals surface area contributed by atoms with E-state index in [-0.39, 0.29) is 0 Å². The summed E-state index contributed by atoms with van der Waals surface area (Å²) in [5.74, 6) is 0. The second-order valence-corrected chi connectivity index (χ2v) is 19.4. The summed E-state index contributed by atoms with van der Waals surface area (Å²) in [5.41, 5.74) is 27.0. The first-order chi connectivity index (χ1) is 34.8. The first-order valence-electron chi connectivity index (χ1n) is 24.5. The predicted octanol–water partition coefficient (Wildman–Crippen LogP) is 16.9. The highest BCUT2D eigenvalue weighted by Crippen LogP contribution is 2.64. The van der Waals surface area contributed by atoms with Crippen LogP contribution in [0, 0.1) is 0 Å². The van der Waals surface area contributed by atoms with Crippen molar-refractivity contribution < 1.29 is 0 Å². The van der Waals surface area contributed by atoms with Crippen LogP contribution in [-0.4, -0.2) is 4.57 Å². The number of anilines is 3. The van der Waals surface area contributed by atoms with Crippen LogP contribution in [0.2, 0.25) is 0 Å². The predicted molar refractivity (Wildman–Crippen MR) is 288 cm³/mol. The van der Waals surface area contributed by atoms with Gasteiger partial charge in [0.25, 0.3) is 0 Å². The maximum Gasteiger partial charge on any atom is 0.0754 e. The van der Waals surface area contributed by atoms with Crippen molar-refractivity contribution in [1.29, 1.82) is 0 Å². The van der Waals surface area contributed by atoms with Crippen molar-refractivity contribution in [3.63, 3.8) is 0 Å². The average Bonchev–Trinajstić information content (AvgIpc) is 4.12. The Balaban J connectivity index is 0.980. The fourth-order valence-electron chi connectivity index (χ4n) is 13.9. The van der Waals surface area contributed by atoms with Gasteiger partial charge in [-0.25, -0.2) is 0 Å². The van der Waals surface area contributed by atoms with Gasteiger partial charge in [-0.05, 0) is 126 Å². The molecule has 1 aliphatic heterocycles. The van der Waals surface area contributed by atoms with Gasteiger partial charge < -0.3 is 9.47 Å². The lowest BCUT2D eigenvalue weighted by Crippen LogP contribution is -2.33. The van der Waals surface area contributed by atoms with Crippen LogP contribution >= 0.6 is 0 Å². The van der Waals surface area contributed by atoms with Gasteiger partial charge in [-0.15, -0.1) is 0 Å². The molecule has 2 heteroatoms. The molecule has 0 bridgehead atoms. The second-order valence-electron chi connectivity index (χ2n) is 19.4. The highest BCUT2D eigenvalue weighted by molar-refractivity contribution is 6.14. The zero-order chi connectivity index (χ0) is 45.7. The molecule has 0 atom stereocenters. The summed E-state index contributed by atoms with van der Waals surface area (Å²) in [5, 5.41) is 2.48. The number of aromatic nitrogens is 1. The highest BCUT2D eigenvalue weighted by atomic mass is 15.1. The van der Waals surface area contributed by atoms with Crippen molar-refractivity contribution in [1.82, 2.24) is 4.57 Å². The molecule has 3 aliphatic carbocycles. The lowest BCUT2D eigenvalue weighted by Gasteiger charge is -2.39. The molecule has 0 fully saturated rings. The molecule has 324 valence electrons. The summed E-state index contributed by atoms with van der Waals surface area (Å²) in [4.78, 5) is 2.52. The molecule has 1 aromatic heterocycles. The van der Waals surface area contributed by atoms with Crippen LogP contribution in [0.4, 0.5) is 17.1 Å². The van der Waals surface area contributed by atoms with Crippen LogP contribution in [0.25, 0.3) is 72.0 Å². The third-order valence-electron chi connectivity index (χ3n) is 16.4. The van der Waals surface area contributed by atoms with Crippen molar-refractivity contribution in [3.05, 3.63) is 299 Å². The number of hydrogen-bond acceptors (Lipinski definition) is 1. The van der Waals surface area contributed by atoms with E-state index in [1.807, 2.05) is 0 Å². The molecule has 0 saturated heterocycles. The first-order valence-corrected chi connectivity index (χ1v) is 24.5. The van der Waals surface area contributed by atoms with E-state index in [0.29, 0.717) is 0 Å². The van der Waals surface area contributed by atoms with Gasteiger partial charge in [-0.3, -0.25) is 0 Å². The van der Waals surface area contributed by atoms with E-state index >= 15 is 0 Å². The maximum absolute atomic E-state index is 2.56. The number of rotatable bonds is 4. The highest BCUT2D eigenvalue weighted by Gasteiger charge is 2.53. The van der Waals surface area contributed by atoms with Crippen LogP contribution in [0.15, 0.2) is 255 Å². The van der Waals surface area contributed by atoms with Gasteiger partial charge in [0.1, 0.15) is 0 Å². The molecule has 70 heavy (non-hydrogen) atoms. The molecular weight excluding hydrogens is 845 g/mol. The SMILES string of the molecule is c1ccc(-c2ccccc2N(c2ccc3c(c2)C2(c4ccccc4-c4ccccc42)c2ccccc2-3)c2ccc3c(c2)c2cccc4c2n3-c2ccccc2C42c3ccccc3-c3ccccc32)cc1. The van der Waals surface area contributed by atoms with E-state index in [1.54, 1.807) is 0 Å². The van der Waals surface area contributed by atoms with Crippen molar-refractivity contribution in [3.8, 4) is 50.2 Å². The van der Waals surface area contributed by atoms with Crippen LogP contribution in [0.3, 0.4) is 0 Å². The van der Waals surface area contributed by atoms with Crippen LogP contribution in [0.1, 0.15) is 44.5 Å². The summed E-state index contributed by atoms with van der Waals surface area (Å²) in [6.45, 7) is 0. The molecule has 11 aromatic carbocycles. The fourth-order valence-corrected chi connectivity index (χ4v) is 13.9. The Hall–Kier alpha value is -8.98. The van der Waals surface area contributed by atoms with Gasteiger partial charge in [0.05, 0.1) is 33.2 Å². The first kappa shape index (κ1) is 38.0. The van der Waals surface area contributed by atoms with Gasteiger partial charge in [0.2, 0.25) is 0 Å². The number of nitrogens with zero attached hydrogens (tertiary/aromatic N) is 2. The van der Waals surface area contributed by atoms with Gasteiger partial charge in [0, 0.05) is 27.7 Å². The summed E-state index contributed by atoms with van der Waals surface area (Å²) in [7, 11) is 0. The van der Waals surface area contributed by atoms with E-state index in [0.717, 1.165) is 17.1 Å². The number of hydrogen-bond donors (Lipinski definition) is 0. The number of para-hydroxylation sites is 3. The molecule has 0 radical (unpaired) electrons. The zero-order valence-electron chi connectivity index (χ0n) is 38.1. The topological polar surface area (TPSA) is 8.17 Å². The molecule has 0 saturated carbocycles. The van der Waals surface area contributed by atoms with E-state index < -0.39 is 10.8 Å². The minimum atomic E-state index is -0.469. The Kier molecular flexibility index (Phi) is 7.51. The molecule has 2 spiro atoms. The molecule has 4 aliphatic rings. The third-order valence-corrected chi connectivity index (χ3v) is 16.4. The molecule has 2 nitrogen and oxygen atoms in total. The molecule has 0 amide bonds. The van der Waals surface area contributed by atoms with Crippen molar-refractivity contribution in [2.75, 3.05) is 4.90 Å². The van der Waals surface area contributed by atoms with Gasteiger partial charge in [-0.2, -0.15) is 0 Å². The number of fused-ring (bicyclic) bond motifs is 22. The van der Waals surface area contributed by atoms with E-state index in [9.17, 15) is 0 Å². The Morgan fingerprint density at radius 3 is 1.33 bits per heavy atom. The Labute approximate surface area is 406 Å². The summed E-state index contributed by atoms with van der Waals surface area (Å²) >= 11 is 0. The quantitative estimate of drug-likeness (QED) is 0.171. The molecule has 16 rings (SSSR count). The normalized spacial score (nSPS) is 14.2. The lowest BCUT2D eigenvalue weighted by molar-refractivity contribution is 0.748. The fraction of sp³-hybridized carbons (Fsp3) is 0.0294. The number of benzene rings is 11. The molecule has 0 N–H and O–H groups in total. The van der Waals surface area contributed by atoms with Crippen LogP contribution in [-0.2, 0) is 10.8 Å². The van der Waals surface area contributed by atoms with E-state index in [4.69, 9.17) is 0 Å². The van der Waals surface area contributed by atoms with Gasteiger partial charge in [-0.1, -0.05) is 212 Å². The Morgan fingerprint density at radius 1 is 0.286 bits per heavy atom. The molecule has 0 unspecified atom stereocenters. The summed E-state index contributed by atoms with van der Waals surface area (Å²) < 4.78 is 2.56. The lowest BCUT2D eigenvalue weighted by atomic mass is 9.65. The maximum atomic E-state index is 2.56. The van der Waals surface area contributed by atoms with Crippen molar-refractivity contribution >= 4 is 38.9 Å². The van der Waals surface area contributed by atoms with Crippen LogP contribution < -0.4 is 4.90 Å². The molecular formula is C68H42N2. The van der Waals surface area contributed by atoms with Crippen LogP contribution in [0.5, 0.6) is 0 Å². The van der Waals surface area contributed by atoms with Crippen molar-refractivity contribution in [2.45, 2.75) is 10.8 Å². The average molecular weight is 887 g/mol. The minimum absolute atomic E-state index is 0.466. The standard InChI is InChI=1S/C68H42N2/c1-2-19-43(20-3-1)46-21-9-16-35-63(46)69(45-37-39-52-51-26-8-12-30-57(51)67(62(52)42-45)55-28-10-4-22-47(55)48-23-5-11-29-56(48)67)44-38-40-64-54(41-44)53-27-18-34-61-66(53)70(64)65-36-17-15-33-60(65)68(61)58-31-13-6-24-49(58)50-25-7-14-32-59(50)68/h1-42H. The Bertz CT molecular complexity index is 4100. The van der Waals surface area contributed by atoms with E-state index in [2.05, 4.69) is 264 Å². The largest absolute Gasteiger partial charge is 0.310 e. The van der Waals surface area contributed by atoms with E-state index in [1.165, 1.54) is 117 Å². The minimum Gasteiger partial charge on any atom is -0.310 e. The molecule has 2 heterocycles. The van der Waals surface area contributed by atoms with Gasteiger partial charge in [0.15, 0.2) is 0 Å². The second kappa shape index (κ2) is 13.8. The summed E-state index contributed by atoms with van der Waals surface area (Å²) in [6, 6.07) is 95.9. The monoisotopic (exact) mass is 886 g/mol. The summed E-state index contributed by atoms with van der Waals surface area (Å²) in [6.07, 6.45) is 0. The van der Waals surface area contributed by atoms with Gasteiger partial charge >= 0.3 is 0 Å². The Morgan fingerprint density at radius 2 is 0.729 bits per heavy atom.